The van der Waals surface area contributed by atoms with Gasteiger partial charge in [-0.2, -0.15) is 0 Å². The van der Waals surface area contributed by atoms with Gasteiger partial charge in [-0.25, -0.2) is 4.98 Å². The van der Waals surface area contributed by atoms with Crippen LogP contribution >= 0.6 is 23.2 Å². The van der Waals surface area contributed by atoms with E-state index >= 15 is 0 Å². The Morgan fingerprint density at radius 2 is 2.10 bits per heavy atom. The van der Waals surface area contributed by atoms with Crippen LogP contribution in [0.5, 0.6) is 11.6 Å². The average molecular weight is 325 g/mol. The van der Waals surface area contributed by atoms with Crippen LogP contribution in [0.1, 0.15) is 24.5 Å². The maximum absolute atomic E-state index is 6.12. The van der Waals surface area contributed by atoms with E-state index in [2.05, 4.69) is 23.3 Å². The Morgan fingerprint density at radius 3 is 2.81 bits per heavy atom. The van der Waals surface area contributed by atoms with E-state index in [1.165, 1.54) is 0 Å². The van der Waals surface area contributed by atoms with Gasteiger partial charge in [0.2, 0.25) is 5.88 Å². The summed E-state index contributed by atoms with van der Waals surface area (Å²) < 4.78 is 5.75. The molecule has 0 saturated heterocycles. The lowest BCUT2D eigenvalue weighted by molar-refractivity contribution is 0.458. The molecule has 112 valence electrons. The predicted octanol–water partition coefficient (Wildman–Crippen LogP) is 4.99. The van der Waals surface area contributed by atoms with E-state index in [1.54, 1.807) is 18.2 Å². The van der Waals surface area contributed by atoms with Crippen LogP contribution in [-0.4, -0.2) is 11.5 Å². The van der Waals surface area contributed by atoms with Gasteiger partial charge in [0.05, 0.1) is 5.02 Å². The maximum Gasteiger partial charge on any atom is 0.222 e. The second-order valence-electron chi connectivity index (χ2n) is 4.80. The second-order valence-corrected chi connectivity index (χ2v) is 5.58. The fourth-order valence-electron chi connectivity index (χ4n) is 1.90. The first-order valence-corrected chi connectivity index (χ1v) is 7.65. The van der Waals surface area contributed by atoms with Crippen molar-refractivity contribution in [2.75, 3.05) is 6.54 Å². The van der Waals surface area contributed by atoms with E-state index in [4.69, 9.17) is 27.9 Å². The first-order valence-electron chi connectivity index (χ1n) is 6.90. The van der Waals surface area contributed by atoms with E-state index in [0.29, 0.717) is 21.7 Å². The Balaban J connectivity index is 2.12. The molecule has 0 fully saturated rings. The fourth-order valence-corrected chi connectivity index (χ4v) is 2.23. The molecule has 1 heterocycles. The number of rotatable bonds is 6. The number of pyridine rings is 1. The summed E-state index contributed by atoms with van der Waals surface area (Å²) in [5.74, 6) is 1.05. The molecule has 0 aliphatic rings. The van der Waals surface area contributed by atoms with Gasteiger partial charge in [0.25, 0.3) is 0 Å². The van der Waals surface area contributed by atoms with Crippen molar-refractivity contribution < 1.29 is 4.74 Å². The summed E-state index contributed by atoms with van der Waals surface area (Å²) in [7, 11) is 0. The van der Waals surface area contributed by atoms with Crippen molar-refractivity contribution in [3.05, 3.63) is 51.6 Å². The molecule has 0 atom stereocenters. The van der Waals surface area contributed by atoms with Gasteiger partial charge in [-0.15, -0.1) is 0 Å². The van der Waals surface area contributed by atoms with E-state index < -0.39 is 0 Å². The number of benzene rings is 1. The molecule has 0 spiro atoms. The molecule has 0 radical (unpaired) electrons. The van der Waals surface area contributed by atoms with Gasteiger partial charge >= 0.3 is 0 Å². The van der Waals surface area contributed by atoms with Crippen LogP contribution in [-0.2, 0) is 6.54 Å². The maximum atomic E-state index is 6.12. The van der Waals surface area contributed by atoms with Crippen LogP contribution < -0.4 is 10.1 Å². The third-order valence-electron chi connectivity index (χ3n) is 2.97. The highest BCUT2D eigenvalue weighted by molar-refractivity contribution is 6.42. The highest BCUT2D eigenvalue weighted by atomic mass is 35.5. The van der Waals surface area contributed by atoms with Crippen molar-refractivity contribution in [2.24, 2.45) is 0 Å². The number of nitrogens with one attached hydrogen (secondary N) is 1. The largest absolute Gasteiger partial charge is 0.437 e. The highest BCUT2D eigenvalue weighted by Crippen LogP contribution is 2.34. The summed E-state index contributed by atoms with van der Waals surface area (Å²) >= 11 is 12.1. The first-order chi connectivity index (χ1) is 10.1. The van der Waals surface area contributed by atoms with Crippen molar-refractivity contribution >= 4 is 23.2 Å². The van der Waals surface area contributed by atoms with Crippen LogP contribution in [0.15, 0.2) is 30.5 Å². The van der Waals surface area contributed by atoms with Crippen LogP contribution in [0.4, 0.5) is 0 Å². The molecule has 1 aromatic carbocycles. The number of ether oxygens (including phenoxy) is 1. The zero-order chi connectivity index (χ0) is 15.2. The summed E-state index contributed by atoms with van der Waals surface area (Å²) in [4.78, 5) is 4.36. The van der Waals surface area contributed by atoms with E-state index in [-0.39, 0.29) is 0 Å². The fraction of sp³-hybridized carbons (Fsp3) is 0.312. The topological polar surface area (TPSA) is 34.2 Å². The normalized spacial score (nSPS) is 10.7. The molecular formula is C16H18Cl2N2O. The molecule has 1 N–H and O–H groups in total. The predicted molar refractivity (Wildman–Crippen MR) is 87.5 cm³/mol. The van der Waals surface area contributed by atoms with Gasteiger partial charge in [0, 0.05) is 18.3 Å². The molecule has 2 rings (SSSR count). The molecule has 0 aliphatic carbocycles. The molecule has 0 unspecified atom stereocenters. The van der Waals surface area contributed by atoms with Crippen LogP contribution in [0.3, 0.4) is 0 Å². The molecule has 0 amide bonds. The molecular weight excluding hydrogens is 307 g/mol. The van der Waals surface area contributed by atoms with Gasteiger partial charge in [-0.3, -0.25) is 0 Å². The van der Waals surface area contributed by atoms with E-state index in [0.717, 1.165) is 30.6 Å². The van der Waals surface area contributed by atoms with Gasteiger partial charge in [0.15, 0.2) is 0 Å². The van der Waals surface area contributed by atoms with Crippen molar-refractivity contribution in [3.63, 3.8) is 0 Å². The minimum absolute atomic E-state index is 0.397. The van der Waals surface area contributed by atoms with E-state index in [9.17, 15) is 0 Å². The zero-order valence-corrected chi connectivity index (χ0v) is 13.6. The monoisotopic (exact) mass is 324 g/mol. The molecule has 0 saturated carbocycles. The highest BCUT2D eigenvalue weighted by Gasteiger charge is 2.09. The summed E-state index contributed by atoms with van der Waals surface area (Å²) in [5, 5.41) is 4.21. The second kappa shape index (κ2) is 7.64. The Bertz CT molecular complexity index is 617. The number of halogens is 2. The van der Waals surface area contributed by atoms with Gasteiger partial charge in [-0.1, -0.05) is 36.2 Å². The summed E-state index contributed by atoms with van der Waals surface area (Å²) in [6, 6.07) is 7.34. The number of aromatic nitrogens is 1. The van der Waals surface area contributed by atoms with Crippen molar-refractivity contribution in [1.29, 1.82) is 0 Å². The minimum Gasteiger partial charge on any atom is -0.437 e. The van der Waals surface area contributed by atoms with Gasteiger partial charge < -0.3 is 10.1 Å². The lowest BCUT2D eigenvalue weighted by atomic mass is 10.2. The SMILES string of the molecule is CCCNCc1cnc(Oc2cccc(Cl)c2Cl)c(C)c1. The lowest BCUT2D eigenvalue weighted by Crippen LogP contribution is -2.14. The first kappa shape index (κ1) is 16.1. The van der Waals surface area contributed by atoms with Gasteiger partial charge in [-0.05, 0) is 43.7 Å². The third kappa shape index (κ3) is 4.34. The summed E-state index contributed by atoms with van der Waals surface area (Å²) in [5.41, 5.74) is 2.09. The van der Waals surface area contributed by atoms with Crippen LogP contribution in [0.2, 0.25) is 10.0 Å². The quantitative estimate of drug-likeness (QED) is 0.760. The molecule has 1 aromatic heterocycles. The molecule has 0 aliphatic heterocycles. The van der Waals surface area contributed by atoms with Crippen molar-refractivity contribution in [1.82, 2.24) is 10.3 Å². The van der Waals surface area contributed by atoms with Crippen molar-refractivity contribution in [2.45, 2.75) is 26.8 Å². The Kier molecular flexibility index (Phi) is 5.85. The Morgan fingerprint density at radius 1 is 1.29 bits per heavy atom. The van der Waals surface area contributed by atoms with E-state index in [1.807, 2.05) is 13.1 Å². The molecule has 0 bridgehead atoms. The average Bonchev–Trinajstić information content (AvgIpc) is 2.47. The molecule has 3 nitrogen and oxygen atoms in total. The number of hydrogen-bond acceptors (Lipinski definition) is 3. The zero-order valence-electron chi connectivity index (χ0n) is 12.1. The Hall–Kier alpha value is -1.29. The van der Waals surface area contributed by atoms with Crippen LogP contribution in [0, 0.1) is 6.92 Å². The minimum atomic E-state index is 0.397. The standard InChI is InChI=1S/C16H18Cl2N2O/c1-3-7-19-9-12-8-11(2)16(20-10-12)21-14-6-4-5-13(17)15(14)18/h4-6,8,10,19H,3,7,9H2,1-2H3. The third-order valence-corrected chi connectivity index (χ3v) is 3.77. The molecule has 2 aromatic rings. The molecule has 21 heavy (non-hydrogen) atoms. The number of aryl methyl sites for hydroxylation is 1. The summed E-state index contributed by atoms with van der Waals surface area (Å²) in [6.45, 7) is 5.90. The Labute approximate surface area is 135 Å². The molecule has 5 heteroatoms. The number of hydrogen-bond donors (Lipinski definition) is 1. The van der Waals surface area contributed by atoms with Crippen molar-refractivity contribution in [3.8, 4) is 11.6 Å². The lowest BCUT2D eigenvalue weighted by Gasteiger charge is -2.11. The van der Waals surface area contributed by atoms with Crippen LogP contribution in [0.25, 0.3) is 0 Å². The smallest absolute Gasteiger partial charge is 0.222 e. The van der Waals surface area contributed by atoms with Gasteiger partial charge in [0.1, 0.15) is 10.8 Å². The number of nitrogens with zero attached hydrogens (tertiary/aromatic N) is 1. The summed E-state index contributed by atoms with van der Waals surface area (Å²) in [6.07, 6.45) is 2.92.